The van der Waals surface area contributed by atoms with Crippen LogP contribution in [-0.2, 0) is 17.9 Å². The Hall–Kier alpha value is -4.05. The second-order valence-corrected chi connectivity index (χ2v) is 8.23. The standard InChI is InChI=1S/C24H23N5O4S/c1-2-33-18-7-5-17(6-8-18)19-9-11-24(32)29(26-19)16-22(30)25-13-14-28-23(31)12-10-20(27-28)21-4-3-15-34-21/h3-12,15H,2,13-14,16H2,1H3,(H,25,30). The first-order chi connectivity index (χ1) is 16.5. The molecular weight excluding hydrogens is 454 g/mol. The normalized spacial score (nSPS) is 10.7. The fraction of sp³-hybridized carbons (Fsp3) is 0.208. The molecule has 1 amide bonds. The Kier molecular flexibility index (Phi) is 7.28. The van der Waals surface area contributed by atoms with Crippen molar-refractivity contribution in [2.24, 2.45) is 0 Å². The molecule has 0 spiro atoms. The minimum absolute atomic E-state index is 0.187. The fourth-order valence-electron chi connectivity index (χ4n) is 3.26. The van der Waals surface area contributed by atoms with Crippen LogP contribution in [0.15, 0.2) is 75.6 Å². The highest BCUT2D eigenvalue weighted by molar-refractivity contribution is 7.13. The number of amides is 1. The summed E-state index contributed by atoms with van der Waals surface area (Å²) >= 11 is 1.53. The van der Waals surface area contributed by atoms with Gasteiger partial charge in [-0.25, -0.2) is 9.36 Å². The van der Waals surface area contributed by atoms with E-state index >= 15 is 0 Å². The molecule has 0 bridgehead atoms. The molecule has 0 saturated heterocycles. The van der Waals surface area contributed by atoms with Crippen LogP contribution in [0, 0.1) is 0 Å². The van der Waals surface area contributed by atoms with Gasteiger partial charge in [-0.3, -0.25) is 14.4 Å². The summed E-state index contributed by atoms with van der Waals surface area (Å²) in [6.07, 6.45) is 0. The molecule has 0 saturated carbocycles. The number of thiophene rings is 1. The number of hydrogen-bond acceptors (Lipinski definition) is 7. The maximum atomic E-state index is 12.4. The average Bonchev–Trinajstić information content (AvgIpc) is 3.38. The van der Waals surface area contributed by atoms with Gasteiger partial charge in [0, 0.05) is 24.2 Å². The van der Waals surface area contributed by atoms with E-state index in [9.17, 15) is 14.4 Å². The SMILES string of the molecule is CCOc1ccc(-c2ccc(=O)n(CC(=O)NCCn3nc(-c4cccs4)ccc3=O)n2)cc1. The summed E-state index contributed by atoms with van der Waals surface area (Å²) in [5.41, 5.74) is 1.43. The fourth-order valence-corrected chi connectivity index (χ4v) is 3.95. The Morgan fingerprint density at radius 1 is 0.941 bits per heavy atom. The second-order valence-electron chi connectivity index (χ2n) is 7.28. The van der Waals surface area contributed by atoms with Gasteiger partial charge in [0.15, 0.2) is 0 Å². The first-order valence-corrected chi connectivity index (χ1v) is 11.6. The lowest BCUT2D eigenvalue weighted by Crippen LogP contribution is -2.36. The lowest BCUT2D eigenvalue weighted by molar-refractivity contribution is -0.121. The van der Waals surface area contributed by atoms with Crippen LogP contribution in [0.4, 0.5) is 0 Å². The second kappa shape index (κ2) is 10.7. The van der Waals surface area contributed by atoms with Gasteiger partial charge in [-0.2, -0.15) is 10.2 Å². The van der Waals surface area contributed by atoms with Gasteiger partial charge in [0.05, 0.1) is 23.7 Å². The molecule has 1 aromatic carbocycles. The van der Waals surface area contributed by atoms with Crippen molar-refractivity contribution in [3.05, 3.63) is 86.8 Å². The van der Waals surface area contributed by atoms with E-state index < -0.39 is 0 Å². The third kappa shape index (κ3) is 5.65. The van der Waals surface area contributed by atoms with Crippen molar-refractivity contribution in [1.82, 2.24) is 24.9 Å². The molecule has 0 aliphatic carbocycles. The van der Waals surface area contributed by atoms with Gasteiger partial charge in [-0.1, -0.05) is 6.07 Å². The monoisotopic (exact) mass is 477 g/mol. The van der Waals surface area contributed by atoms with Gasteiger partial charge in [-0.05, 0) is 54.8 Å². The smallest absolute Gasteiger partial charge is 0.267 e. The summed E-state index contributed by atoms with van der Waals surface area (Å²) in [6.45, 7) is 2.64. The van der Waals surface area contributed by atoms with Gasteiger partial charge in [0.25, 0.3) is 11.1 Å². The number of benzene rings is 1. The summed E-state index contributed by atoms with van der Waals surface area (Å²) < 4.78 is 7.87. The van der Waals surface area contributed by atoms with E-state index in [4.69, 9.17) is 4.74 Å². The molecule has 3 aromatic heterocycles. The van der Waals surface area contributed by atoms with Crippen molar-refractivity contribution >= 4 is 17.2 Å². The van der Waals surface area contributed by atoms with Gasteiger partial charge in [0.1, 0.15) is 18.0 Å². The number of rotatable bonds is 9. The van der Waals surface area contributed by atoms with Gasteiger partial charge < -0.3 is 10.1 Å². The number of nitrogens with one attached hydrogen (secondary N) is 1. The summed E-state index contributed by atoms with van der Waals surface area (Å²) in [6, 6.07) is 17.3. The maximum absolute atomic E-state index is 12.4. The Morgan fingerprint density at radius 2 is 1.65 bits per heavy atom. The minimum atomic E-state index is -0.388. The molecule has 4 aromatic rings. The van der Waals surface area contributed by atoms with E-state index in [0.29, 0.717) is 18.0 Å². The molecule has 34 heavy (non-hydrogen) atoms. The molecule has 0 aliphatic rings. The third-order valence-electron chi connectivity index (χ3n) is 4.91. The van der Waals surface area contributed by atoms with Crippen LogP contribution in [0.3, 0.4) is 0 Å². The molecule has 0 unspecified atom stereocenters. The van der Waals surface area contributed by atoms with Crippen molar-refractivity contribution in [1.29, 1.82) is 0 Å². The van der Waals surface area contributed by atoms with Crippen molar-refractivity contribution < 1.29 is 9.53 Å². The van der Waals surface area contributed by atoms with Crippen molar-refractivity contribution in [3.63, 3.8) is 0 Å². The molecule has 10 heteroatoms. The zero-order valence-electron chi connectivity index (χ0n) is 18.5. The quantitative estimate of drug-likeness (QED) is 0.397. The van der Waals surface area contributed by atoms with Gasteiger partial charge >= 0.3 is 0 Å². The Labute approximate surface area is 199 Å². The first-order valence-electron chi connectivity index (χ1n) is 10.7. The average molecular weight is 478 g/mol. The Morgan fingerprint density at radius 3 is 2.35 bits per heavy atom. The van der Waals surface area contributed by atoms with Crippen molar-refractivity contribution in [2.75, 3.05) is 13.2 Å². The van der Waals surface area contributed by atoms with E-state index in [1.54, 1.807) is 12.1 Å². The van der Waals surface area contributed by atoms with Crippen LogP contribution in [0.5, 0.6) is 5.75 Å². The zero-order valence-corrected chi connectivity index (χ0v) is 19.3. The lowest BCUT2D eigenvalue weighted by atomic mass is 10.1. The highest BCUT2D eigenvalue weighted by atomic mass is 32.1. The molecule has 0 aliphatic heterocycles. The van der Waals surface area contributed by atoms with Crippen LogP contribution in [0.25, 0.3) is 21.8 Å². The van der Waals surface area contributed by atoms with Crippen LogP contribution in [0.1, 0.15) is 6.92 Å². The summed E-state index contributed by atoms with van der Waals surface area (Å²) in [5.74, 6) is 0.356. The summed E-state index contributed by atoms with van der Waals surface area (Å²) in [7, 11) is 0. The number of nitrogens with zero attached hydrogens (tertiary/aromatic N) is 4. The molecule has 1 N–H and O–H groups in total. The highest BCUT2D eigenvalue weighted by Crippen LogP contribution is 2.21. The number of carbonyl (C=O) groups excluding carboxylic acids is 1. The van der Waals surface area contributed by atoms with E-state index in [2.05, 4.69) is 15.5 Å². The summed E-state index contributed by atoms with van der Waals surface area (Å²) in [5, 5.41) is 13.3. The number of hydrogen-bond donors (Lipinski definition) is 1. The van der Waals surface area contributed by atoms with Crippen LogP contribution in [-0.4, -0.2) is 38.6 Å². The van der Waals surface area contributed by atoms with Gasteiger partial charge in [-0.15, -0.1) is 11.3 Å². The number of aromatic nitrogens is 4. The molecular formula is C24H23N5O4S. The largest absolute Gasteiger partial charge is 0.494 e. The summed E-state index contributed by atoms with van der Waals surface area (Å²) in [4.78, 5) is 37.7. The van der Waals surface area contributed by atoms with Crippen LogP contribution < -0.4 is 21.2 Å². The molecule has 174 valence electrons. The maximum Gasteiger partial charge on any atom is 0.267 e. The van der Waals surface area contributed by atoms with Gasteiger partial charge in [0.2, 0.25) is 5.91 Å². The van der Waals surface area contributed by atoms with Crippen molar-refractivity contribution in [2.45, 2.75) is 20.0 Å². The van der Waals surface area contributed by atoms with E-state index in [1.165, 1.54) is 28.2 Å². The van der Waals surface area contributed by atoms with E-state index in [-0.39, 0.29) is 36.7 Å². The first kappa shape index (κ1) is 23.1. The molecule has 4 rings (SSSR count). The lowest BCUT2D eigenvalue weighted by Gasteiger charge is -2.10. The molecule has 0 atom stereocenters. The molecule has 0 fully saturated rings. The number of ether oxygens (including phenoxy) is 1. The van der Waals surface area contributed by atoms with Crippen molar-refractivity contribution in [3.8, 4) is 27.6 Å². The van der Waals surface area contributed by atoms with E-state index in [1.807, 2.05) is 48.7 Å². The third-order valence-corrected chi connectivity index (χ3v) is 5.80. The number of carbonyl (C=O) groups is 1. The predicted molar refractivity (Wildman–Crippen MR) is 130 cm³/mol. The Bertz CT molecular complexity index is 1380. The van der Waals surface area contributed by atoms with Crippen LogP contribution >= 0.6 is 11.3 Å². The minimum Gasteiger partial charge on any atom is -0.494 e. The molecule has 9 nitrogen and oxygen atoms in total. The zero-order chi connectivity index (χ0) is 23.9. The van der Waals surface area contributed by atoms with E-state index in [0.717, 1.165) is 20.9 Å². The topological polar surface area (TPSA) is 108 Å². The highest BCUT2D eigenvalue weighted by Gasteiger charge is 2.09. The predicted octanol–water partition coefficient (Wildman–Crippen LogP) is 2.41. The van der Waals surface area contributed by atoms with Crippen LogP contribution in [0.2, 0.25) is 0 Å². The molecule has 3 heterocycles. The Balaban J connectivity index is 1.38. The molecule has 0 radical (unpaired) electrons.